The minimum absolute atomic E-state index is 0.100. The average Bonchev–Trinajstić information content (AvgIpc) is 2.50. The fourth-order valence-electron chi connectivity index (χ4n) is 5.86. The summed E-state index contributed by atoms with van der Waals surface area (Å²) in [5.74, 6) is 0.610. The predicted molar refractivity (Wildman–Crippen MR) is 91.2 cm³/mol. The number of rotatable bonds is 6. The van der Waals surface area contributed by atoms with Gasteiger partial charge < -0.3 is 9.47 Å². The molecule has 2 unspecified atom stereocenters. The van der Waals surface area contributed by atoms with E-state index < -0.39 is 16.6 Å². The summed E-state index contributed by atoms with van der Waals surface area (Å²) in [6, 6.07) is 0. The Morgan fingerprint density at radius 1 is 1.17 bits per heavy atom. The quantitative estimate of drug-likeness (QED) is 0.540. The van der Waals surface area contributed by atoms with Gasteiger partial charge in [0.15, 0.2) is 0 Å². The Hall–Kier alpha value is -1.32. The Bertz CT molecular complexity index is 532. The topological polar surface area (TPSA) is 52.6 Å². The van der Waals surface area contributed by atoms with E-state index in [4.69, 9.17) is 9.47 Å². The van der Waals surface area contributed by atoms with Crippen LogP contribution in [0.1, 0.15) is 72.1 Å². The molecule has 4 rings (SSSR count). The van der Waals surface area contributed by atoms with Crippen LogP contribution in [0.2, 0.25) is 0 Å². The molecular weight excluding hydrogens is 304 g/mol. The summed E-state index contributed by atoms with van der Waals surface area (Å²) >= 11 is 0. The van der Waals surface area contributed by atoms with Crippen LogP contribution in [0.15, 0.2) is 12.7 Å². The van der Waals surface area contributed by atoms with Crippen molar-refractivity contribution in [3.05, 3.63) is 12.7 Å². The van der Waals surface area contributed by atoms with Gasteiger partial charge in [-0.05, 0) is 62.9 Å². The lowest BCUT2D eigenvalue weighted by molar-refractivity contribution is -0.216. The van der Waals surface area contributed by atoms with E-state index in [1.807, 2.05) is 13.8 Å². The van der Waals surface area contributed by atoms with Gasteiger partial charge in [-0.3, -0.25) is 9.59 Å². The third-order valence-corrected chi connectivity index (χ3v) is 6.67. The Balaban J connectivity index is 1.85. The Labute approximate surface area is 145 Å². The van der Waals surface area contributed by atoms with Crippen LogP contribution >= 0.6 is 0 Å². The molecule has 0 aliphatic heterocycles. The Kier molecular flexibility index (Phi) is 4.29. The normalized spacial score (nSPS) is 37.1. The second-order valence-corrected chi connectivity index (χ2v) is 8.38. The van der Waals surface area contributed by atoms with Crippen LogP contribution in [-0.4, -0.2) is 23.1 Å². The Morgan fingerprint density at radius 2 is 1.75 bits per heavy atom. The first-order valence-corrected chi connectivity index (χ1v) is 9.36. The van der Waals surface area contributed by atoms with Crippen molar-refractivity contribution in [1.82, 2.24) is 0 Å². The first-order valence-electron chi connectivity index (χ1n) is 9.36. The van der Waals surface area contributed by atoms with E-state index in [1.54, 1.807) is 6.08 Å². The standard InChI is InChI=1S/C20H30O4/c1-5-19(6-2,7-3)24-17(22)18-9-15-8-16(10-18)12-20(11-15,13-18)23-14(4)21/h5,15-16H,1,6-13H2,2-4H3. The summed E-state index contributed by atoms with van der Waals surface area (Å²) in [5.41, 5.74) is -1.49. The molecule has 4 saturated carbocycles. The van der Waals surface area contributed by atoms with Gasteiger partial charge >= 0.3 is 11.9 Å². The minimum Gasteiger partial charge on any atom is -0.459 e. The summed E-state index contributed by atoms with van der Waals surface area (Å²) in [5, 5.41) is 0. The number of hydrogen-bond donors (Lipinski definition) is 0. The van der Waals surface area contributed by atoms with Crippen LogP contribution < -0.4 is 0 Å². The fraction of sp³-hybridized carbons (Fsp3) is 0.800. The van der Waals surface area contributed by atoms with Gasteiger partial charge in [-0.2, -0.15) is 0 Å². The first kappa shape index (κ1) is 17.5. The molecule has 2 atom stereocenters. The van der Waals surface area contributed by atoms with Gasteiger partial charge in [0, 0.05) is 13.3 Å². The third-order valence-electron chi connectivity index (χ3n) is 6.67. The van der Waals surface area contributed by atoms with Crippen LogP contribution in [0.4, 0.5) is 0 Å². The van der Waals surface area contributed by atoms with Crippen molar-refractivity contribution in [2.24, 2.45) is 17.3 Å². The molecule has 0 saturated heterocycles. The lowest BCUT2D eigenvalue weighted by Gasteiger charge is -2.60. The molecule has 0 N–H and O–H groups in total. The van der Waals surface area contributed by atoms with E-state index in [1.165, 1.54) is 6.92 Å². The highest BCUT2D eigenvalue weighted by molar-refractivity contribution is 5.78. The zero-order valence-electron chi connectivity index (χ0n) is 15.2. The molecule has 0 aromatic heterocycles. The van der Waals surface area contributed by atoms with E-state index in [2.05, 4.69) is 6.58 Å². The summed E-state index contributed by atoms with van der Waals surface area (Å²) < 4.78 is 11.8. The van der Waals surface area contributed by atoms with Crippen molar-refractivity contribution in [3.8, 4) is 0 Å². The highest BCUT2D eigenvalue weighted by Crippen LogP contribution is 2.63. The van der Waals surface area contributed by atoms with Gasteiger partial charge in [0.05, 0.1) is 5.41 Å². The number of carbonyl (C=O) groups is 2. The summed E-state index contributed by atoms with van der Waals surface area (Å²) in [4.78, 5) is 24.8. The first-order chi connectivity index (χ1) is 11.3. The van der Waals surface area contributed by atoms with Crippen molar-refractivity contribution >= 4 is 11.9 Å². The van der Waals surface area contributed by atoms with Crippen LogP contribution in [0.5, 0.6) is 0 Å². The van der Waals surface area contributed by atoms with Crippen LogP contribution in [0, 0.1) is 17.3 Å². The van der Waals surface area contributed by atoms with Crippen molar-refractivity contribution in [2.75, 3.05) is 0 Å². The van der Waals surface area contributed by atoms with E-state index in [0.29, 0.717) is 18.3 Å². The number of esters is 2. The monoisotopic (exact) mass is 334 g/mol. The molecule has 4 aliphatic carbocycles. The zero-order chi connectivity index (χ0) is 17.6. The van der Waals surface area contributed by atoms with E-state index >= 15 is 0 Å². The SMILES string of the molecule is C=CC(CC)(CC)OC(=O)C12CC3CC(CC(OC(C)=O)(C3)C1)C2. The highest BCUT2D eigenvalue weighted by atomic mass is 16.6. The molecule has 0 radical (unpaired) electrons. The fourth-order valence-corrected chi connectivity index (χ4v) is 5.86. The second kappa shape index (κ2) is 5.89. The predicted octanol–water partition coefficient (Wildman–Crippen LogP) is 4.18. The summed E-state index contributed by atoms with van der Waals surface area (Å²) in [7, 11) is 0. The molecule has 0 aromatic rings. The molecular formula is C20H30O4. The highest BCUT2D eigenvalue weighted by Gasteiger charge is 2.63. The van der Waals surface area contributed by atoms with E-state index in [0.717, 1.165) is 44.9 Å². The largest absolute Gasteiger partial charge is 0.459 e. The molecule has 4 fully saturated rings. The van der Waals surface area contributed by atoms with Crippen LogP contribution in [0.3, 0.4) is 0 Å². The van der Waals surface area contributed by atoms with Gasteiger partial charge in [0.25, 0.3) is 0 Å². The third kappa shape index (κ3) is 2.78. The van der Waals surface area contributed by atoms with Crippen molar-refractivity contribution in [2.45, 2.75) is 83.3 Å². The van der Waals surface area contributed by atoms with E-state index in [-0.39, 0.29) is 11.9 Å². The van der Waals surface area contributed by atoms with Gasteiger partial charge in [0.1, 0.15) is 11.2 Å². The Morgan fingerprint density at radius 3 is 2.21 bits per heavy atom. The smallest absolute Gasteiger partial charge is 0.313 e. The van der Waals surface area contributed by atoms with Crippen LogP contribution in [0.25, 0.3) is 0 Å². The molecule has 24 heavy (non-hydrogen) atoms. The lowest BCUT2D eigenvalue weighted by Crippen LogP contribution is -2.60. The van der Waals surface area contributed by atoms with Gasteiger partial charge in [-0.15, -0.1) is 0 Å². The van der Waals surface area contributed by atoms with Crippen molar-refractivity contribution < 1.29 is 19.1 Å². The molecule has 0 heterocycles. The van der Waals surface area contributed by atoms with Gasteiger partial charge in [-0.1, -0.05) is 20.4 Å². The average molecular weight is 334 g/mol. The number of ether oxygens (including phenoxy) is 2. The number of carbonyl (C=O) groups excluding carboxylic acids is 2. The molecule has 0 aromatic carbocycles. The molecule has 134 valence electrons. The summed E-state index contributed by atoms with van der Waals surface area (Å²) in [6.45, 7) is 9.41. The second-order valence-electron chi connectivity index (χ2n) is 8.38. The minimum atomic E-state index is -0.574. The maximum atomic E-state index is 13.2. The maximum Gasteiger partial charge on any atom is 0.313 e. The lowest BCUT2D eigenvalue weighted by atomic mass is 9.48. The molecule has 4 aliphatic rings. The van der Waals surface area contributed by atoms with Crippen LogP contribution in [-0.2, 0) is 19.1 Å². The summed E-state index contributed by atoms with van der Waals surface area (Å²) in [6.07, 6.45) is 8.61. The molecule has 4 nitrogen and oxygen atoms in total. The zero-order valence-corrected chi connectivity index (χ0v) is 15.2. The number of hydrogen-bond acceptors (Lipinski definition) is 4. The van der Waals surface area contributed by atoms with E-state index in [9.17, 15) is 9.59 Å². The van der Waals surface area contributed by atoms with Gasteiger partial charge in [-0.25, -0.2) is 0 Å². The van der Waals surface area contributed by atoms with Crippen molar-refractivity contribution in [1.29, 1.82) is 0 Å². The molecule has 4 bridgehead atoms. The van der Waals surface area contributed by atoms with Crippen molar-refractivity contribution in [3.63, 3.8) is 0 Å². The maximum absolute atomic E-state index is 13.2. The van der Waals surface area contributed by atoms with Gasteiger partial charge in [0.2, 0.25) is 0 Å². The molecule has 0 spiro atoms. The molecule has 4 heteroatoms. The molecule has 0 amide bonds.